The number of anilines is 1. The van der Waals surface area contributed by atoms with Gasteiger partial charge in [-0.15, -0.1) is 0 Å². The maximum atomic E-state index is 12.8. The van der Waals surface area contributed by atoms with Crippen LogP contribution in [0.4, 0.5) is 18.9 Å². The molecule has 0 amide bonds. The first-order valence-corrected chi connectivity index (χ1v) is 5.79. The lowest BCUT2D eigenvalue weighted by molar-refractivity contribution is -0.138. The molecule has 0 aromatic heterocycles. The molecule has 4 nitrogen and oxygen atoms in total. The van der Waals surface area contributed by atoms with Crippen molar-refractivity contribution in [2.24, 2.45) is 0 Å². The molecule has 0 aliphatic heterocycles. The number of aliphatic carboxylic acids is 1. The maximum absolute atomic E-state index is 12.8. The zero-order valence-corrected chi connectivity index (χ0v) is 10.9. The monoisotopic (exact) mass is 286 g/mol. The van der Waals surface area contributed by atoms with Gasteiger partial charge in [-0.1, -0.05) is 6.92 Å². The van der Waals surface area contributed by atoms with Crippen molar-refractivity contribution in [1.29, 1.82) is 5.26 Å². The summed E-state index contributed by atoms with van der Waals surface area (Å²) >= 11 is 0. The van der Waals surface area contributed by atoms with E-state index in [9.17, 15) is 18.0 Å². The fraction of sp³-hybridized carbons (Fsp3) is 0.385. The van der Waals surface area contributed by atoms with E-state index in [-0.39, 0.29) is 12.1 Å². The van der Waals surface area contributed by atoms with Gasteiger partial charge in [0, 0.05) is 12.7 Å². The van der Waals surface area contributed by atoms with E-state index >= 15 is 0 Å². The summed E-state index contributed by atoms with van der Waals surface area (Å²) in [4.78, 5) is 12.3. The van der Waals surface area contributed by atoms with Gasteiger partial charge in [0.25, 0.3) is 0 Å². The van der Waals surface area contributed by atoms with E-state index < -0.39 is 29.3 Å². The summed E-state index contributed by atoms with van der Waals surface area (Å²) in [6.07, 6.45) is -4.42. The van der Waals surface area contributed by atoms with E-state index in [1.54, 1.807) is 6.92 Å². The van der Waals surface area contributed by atoms with Crippen LogP contribution in [0.5, 0.6) is 0 Å². The molecule has 1 aromatic carbocycles. The van der Waals surface area contributed by atoms with Crippen molar-refractivity contribution < 1.29 is 23.1 Å². The van der Waals surface area contributed by atoms with E-state index in [1.807, 2.05) is 0 Å². The van der Waals surface area contributed by atoms with E-state index in [4.69, 9.17) is 10.4 Å². The molecule has 0 saturated heterocycles. The van der Waals surface area contributed by atoms with Crippen LogP contribution >= 0.6 is 0 Å². The second kappa shape index (κ2) is 5.82. The predicted molar refractivity (Wildman–Crippen MR) is 66.3 cm³/mol. The molecule has 0 aliphatic rings. The van der Waals surface area contributed by atoms with Crippen molar-refractivity contribution in [1.82, 2.24) is 0 Å². The van der Waals surface area contributed by atoms with Gasteiger partial charge in [-0.2, -0.15) is 18.4 Å². The quantitative estimate of drug-likeness (QED) is 0.924. The first kappa shape index (κ1) is 15.8. The summed E-state index contributed by atoms with van der Waals surface area (Å²) in [6.45, 7) is 1.63. The molecule has 0 saturated carbocycles. The number of hydrogen-bond donors (Lipinski definition) is 1. The number of alkyl halides is 3. The standard InChI is InChI=1S/C13H13F3N2O2/c1-3-11(12(19)20)18(2)9-5-4-8(7-17)10(6-9)13(14,15)16/h4-6,11H,3H2,1-2H3,(H,19,20). The molecule has 0 spiro atoms. The van der Waals surface area contributed by atoms with Gasteiger partial charge in [-0.3, -0.25) is 0 Å². The molecule has 0 bridgehead atoms. The Morgan fingerprint density at radius 3 is 2.50 bits per heavy atom. The lowest BCUT2D eigenvalue weighted by Crippen LogP contribution is -2.38. The number of benzene rings is 1. The Bertz CT molecular complexity index is 550. The largest absolute Gasteiger partial charge is 0.480 e. The van der Waals surface area contributed by atoms with Crippen molar-refractivity contribution >= 4 is 11.7 Å². The number of likely N-dealkylation sites (N-methyl/N-ethyl adjacent to an activating group) is 1. The number of nitriles is 1. The molecule has 1 aromatic rings. The molecular formula is C13H13F3N2O2. The lowest BCUT2D eigenvalue weighted by atomic mass is 10.1. The Morgan fingerprint density at radius 2 is 2.10 bits per heavy atom. The topological polar surface area (TPSA) is 64.3 Å². The SMILES string of the molecule is CCC(C(=O)O)N(C)c1ccc(C#N)c(C(F)(F)F)c1. The smallest absolute Gasteiger partial charge is 0.417 e. The molecule has 0 aliphatic carbocycles. The molecule has 1 unspecified atom stereocenters. The summed E-state index contributed by atoms with van der Waals surface area (Å²) in [5.74, 6) is -1.12. The van der Waals surface area contributed by atoms with Crippen LogP contribution in [0, 0.1) is 11.3 Å². The fourth-order valence-corrected chi connectivity index (χ4v) is 1.88. The van der Waals surface area contributed by atoms with Crippen LogP contribution in [0.1, 0.15) is 24.5 Å². The molecule has 1 N–H and O–H groups in total. The van der Waals surface area contributed by atoms with Gasteiger partial charge < -0.3 is 10.0 Å². The normalized spacial score (nSPS) is 12.6. The number of nitrogens with zero attached hydrogens (tertiary/aromatic N) is 2. The van der Waals surface area contributed by atoms with Crippen LogP contribution in [-0.4, -0.2) is 24.2 Å². The molecule has 0 heterocycles. The Morgan fingerprint density at radius 1 is 1.50 bits per heavy atom. The third kappa shape index (κ3) is 3.20. The van der Waals surface area contributed by atoms with E-state index in [0.29, 0.717) is 0 Å². The highest BCUT2D eigenvalue weighted by molar-refractivity contribution is 5.78. The van der Waals surface area contributed by atoms with Gasteiger partial charge in [0.1, 0.15) is 6.04 Å². The maximum Gasteiger partial charge on any atom is 0.417 e. The number of halogens is 3. The first-order valence-electron chi connectivity index (χ1n) is 5.79. The van der Waals surface area contributed by atoms with Crippen LogP contribution in [0.2, 0.25) is 0 Å². The number of carboxylic acids is 1. The highest BCUT2D eigenvalue weighted by Gasteiger charge is 2.34. The van der Waals surface area contributed by atoms with Crippen LogP contribution in [0.15, 0.2) is 18.2 Å². The van der Waals surface area contributed by atoms with Crippen LogP contribution in [0.25, 0.3) is 0 Å². The van der Waals surface area contributed by atoms with Crippen molar-refractivity contribution in [2.75, 3.05) is 11.9 Å². The van der Waals surface area contributed by atoms with E-state index in [2.05, 4.69) is 0 Å². The Labute approximate surface area is 114 Å². The van der Waals surface area contributed by atoms with Gasteiger partial charge in [0.2, 0.25) is 0 Å². The minimum absolute atomic E-state index is 0.102. The average Bonchev–Trinajstić information content (AvgIpc) is 2.37. The van der Waals surface area contributed by atoms with Crippen LogP contribution in [-0.2, 0) is 11.0 Å². The second-order valence-electron chi connectivity index (χ2n) is 4.21. The molecule has 1 atom stereocenters. The summed E-state index contributed by atoms with van der Waals surface area (Å²) in [6, 6.07) is 3.70. The Hall–Kier alpha value is -2.23. The molecule has 108 valence electrons. The van der Waals surface area contributed by atoms with E-state index in [0.717, 1.165) is 12.1 Å². The highest BCUT2D eigenvalue weighted by Crippen LogP contribution is 2.34. The third-order valence-electron chi connectivity index (χ3n) is 2.98. The predicted octanol–water partition coefficient (Wildman–Crippen LogP) is 2.88. The van der Waals surface area contributed by atoms with Gasteiger partial charge in [-0.05, 0) is 24.6 Å². The van der Waals surface area contributed by atoms with Crippen LogP contribution in [0.3, 0.4) is 0 Å². The van der Waals surface area contributed by atoms with Crippen molar-refractivity contribution in [3.05, 3.63) is 29.3 Å². The lowest BCUT2D eigenvalue weighted by Gasteiger charge is -2.26. The van der Waals surface area contributed by atoms with Crippen molar-refractivity contribution in [3.63, 3.8) is 0 Å². The zero-order valence-electron chi connectivity index (χ0n) is 10.9. The second-order valence-corrected chi connectivity index (χ2v) is 4.21. The molecule has 0 fully saturated rings. The number of hydrogen-bond acceptors (Lipinski definition) is 3. The van der Waals surface area contributed by atoms with E-state index in [1.165, 1.54) is 24.1 Å². The van der Waals surface area contributed by atoms with Gasteiger partial charge >= 0.3 is 12.1 Å². The Kier molecular flexibility index (Phi) is 4.61. The minimum Gasteiger partial charge on any atom is -0.480 e. The Balaban J connectivity index is 3.28. The van der Waals surface area contributed by atoms with Gasteiger partial charge in [0.15, 0.2) is 0 Å². The highest BCUT2D eigenvalue weighted by atomic mass is 19.4. The van der Waals surface area contributed by atoms with Crippen molar-refractivity contribution in [3.8, 4) is 6.07 Å². The van der Waals surface area contributed by atoms with Crippen molar-refractivity contribution in [2.45, 2.75) is 25.6 Å². The molecule has 0 radical (unpaired) electrons. The average molecular weight is 286 g/mol. The number of rotatable bonds is 4. The summed E-state index contributed by atoms with van der Waals surface area (Å²) in [5, 5.41) is 17.7. The fourth-order valence-electron chi connectivity index (χ4n) is 1.88. The summed E-state index contributed by atoms with van der Waals surface area (Å²) in [7, 11) is 1.41. The molecule has 20 heavy (non-hydrogen) atoms. The molecular weight excluding hydrogens is 273 g/mol. The van der Waals surface area contributed by atoms with Gasteiger partial charge in [0.05, 0.1) is 17.2 Å². The third-order valence-corrected chi connectivity index (χ3v) is 2.98. The molecule has 7 heteroatoms. The zero-order chi connectivity index (χ0) is 15.5. The summed E-state index contributed by atoms with van der Waals surface area (Å²) in [5.41, 5.74) is -1.45. The van der Waals surface area contributed by atoms with Gasteiger partial charge in [-0.25, -0.2) is 4.79 Å². The van der Waals surface area contributed by atoms with Crippen LogP contribution < -0.4 is 4.90 Å². The minimum atomic E-state index is -4.66. The first-order chi connectivity index (χ1) is 9.22. The summed E-state index contributed by atoms with van der Waals surface area (Å²) < 4.78 is 38.5. The molecule has 1 rings (SSSR count). The number of carboxylic acid groups (broad SMARTS) is 1. The number of carbonyl (C=O) groups is 1.